The Bertz CT molecular complexity index is 693. The molecule has 1 aromatic rings. The van der Waals surface area contributed by atoms with Crippen LogP contribution in [0.1, 0.15) is 54.4 Å². The van der Waals surface area contributed by atoms with Gasteiger partial charge in [0.1, 0.15) is 0 Å². The average molecular weight is 371 g/mol. The van der Waals surface area contributed by atoms with E-state index in [2.05, 4.69) is 22.3 Å². The normalized spacial score (nSPS) is 27.3. The molecule has 3 fully saturated rings. The van der Waals surface area contributed by atoms with Crippen LogP contribution in [0, 0.1) is 0 Å². The van der Waals surface area contributed by atoms with E-state index in [4.69, 9.17) is 10.5 Å². The number of nitrogens with zero attached hydrogens (tertiary/aromatic N) is 1. The van der Waals surface area contributed by atoms with Gasteiger partial charge in [0, 0.05) is 24.1 Å². The summed E-state index contributed by atoms with van der Waals surface area (Å²) in [6.45, 7) is 4.07. The Balaban J connectivity index is 1.39. The van der Waals surface area contributed by atoms with Crippen LogP contribution < -0.4 is 11.1 Å². The Labute approximate surface area is 160 Å². The van der Waals surface area contributed by atoms with Crippen molar-refractivity contribution >= 4 is 11.8 Å². The molecule has 3 aliphatic rings. The van der Waals surface area contributed by atoms with Crippen LogP contribution in [-0.2, 0) is 14.9 Å². The van der Waals surface area contributed by atoms with Gasteiger partial charge < -0.3 is 20.7 Å². The fourth-order valence-corrected chi connectivity index (χ4v) is 4.49. The van der Waals surface area contributed by atoms with Crippen LogP contribution in [0.5, 0.6) is 0 Å². The van der Waals surface area contributed by atoms with Gasteiger partial charge in [-0.1, -0.05) is 12.1 Å². The highest BCUT2D eigenvalue weighted by molar-refractivity contribution is 5.95. The highest BCUT2D eigenvalue weighted by Gasteiger charge is 2.45. The number of hydrogen-bond donors (Lipinski definition) is 2. The fourth-order valence-electron chi connectivity index (χ4n) is 4.49. The van der Waals surface area contributed by atoms with E-state index < -0.39 is 12.0 Å². The molecular weight excluding hydrogens is 342 g/mol. The van der Waals surface area contributed by atoms with Crippen LogP contribution in [0.2, 0.25) is 0 Å². The van der Waals surface area contributed by atoms with Gasteiger partial charge in [0.05, 0.1) is 6.04 Å². The van der Waals surface area contributed by atoms with Crippen molar-refractivity contribution in [3.63, 3.8) is 0 Å². The molecule has 2 heterocycles. The zero-order valence-electron chi connectivity index (χ0n) is 15.8. The van der Waals surface area contributed by atoms with Crippen LogP contribution in [-0.4, -0.2) is 55.1 Å². The molecule has 146 valence electrons. The Morgan fingerprint density at radius 1 is 1.15 bits per heavy atom. The van der Waals surface area contributed by atoms with Gasteiger partial charge in [0.15, 0.2) is 6.10 Å². The smallest absolute Gasteiger partial charge is 0.251 e. The van der Waals surface area contributed by atoms with Gasteiger partial charge in [-0.05, 0) is 69.3 Å². The summed E-state index contributed by atoms with van der Waals surface area (Å²) in [5.74, 6) is -0.694. The number of benzene rings is 1. The van der Waals surface area contributed by atoms with E-state index in [1.54, 1.807) is 0 Å². The van der Waals surface area contributed by atoms with Crippen molar-refractivity contribution in [3.8, 4) is 0 Å². The van der Waals surface area contributed by atoms with Gasteiger partial charge in [-0.3, -0.25) is 9.59 Å². The monoisotopic (exact) mass is 371 g/mol. The van der Waals surface area contributed by atoms with Crippen LogP contribution >= 0.6 is 0 Å². The molecular formula is C21H29N3O3. The number of primary amides is 1. The quantitative estimate of drug-likeness (QED) is 0.795. The van der Waals surface area contributed by atoms with Crippen molar-refractivity contribution in [2.75, 3.05) is 26.2 Å². The maximum Gasteiger partial charge on any atom is 0.251 e. The molecule has 27 heavy (non-hydrogen) atoms. The molecule has 0 aromatic heterocycles. The third kappa shape index (κ3) is 4.01. The lowest BCUT2D eigenvalue weighted by Gasteiger charge is -2.30. The van der Waals surface area contributed by atoms with Crippen molar-refractivity contribution in [1.82, 2.24) is 10.2 Å². The third-order valence-electron chi connectivity index (χ3n) is 6.26. The van der Waals surface area contributed by atoms with Gasteiger partial charge in [0.25, 0.3) is 5.91 Å². The SMILES string of the molecule is NC(=O)C1OCCCC1NC(=O)c1ccc(C2(CN3CCCC3)CC2)cc1. The predicted octanol–water partition coefficient (Wildman–Crippen LogP) is 1.58. The summed E-state index contributed by atoms with van der Waals surface area (Å²) < 4.78 is 5.43. The highest BCUT2D eigenvalue weighted by atomic mass is 16.5. The van der Waals surface area contributed by atoms with Gasteiger partial charge in [0.2, 0.25) is 5.91 Å². The first-order valence-corrected chi connectivity index (χ1v) is 10.1. The van der Waals surface area contributed by atoms with E-state index in [0.29, 0.717) is 18.6 Å². The third-order valence-corrected chi connectivity index (χ3v) is 6.26. The molecule has 3 N–H and O–H groups in total. The summed E-state index contributed by atoms with van der Waals surface area (Å²) in [7, 11) is 0. The fraction of sp³-hybridized carbons (Fsp3) is 0.619. The number of ether oxygens (including phenoxy) is 1. The number of nitrogens with one attached hydrogen (secondary N) is 1. The second kappa shape index (κ2) is 7.60. The minimum absolute atomic E-state index is 0.173. The first-order valence-electron chi connectivity index (χ1n) is 10.1. The number of carbonyl (C=O) groups is 2. The first-order chi connectivity index (χ1) is 13.1. The number of rotatable bonds is 6. The minimum Gasteiger partial charge on any atom is -0.367 e. The Morgan fingerprint density at radius 2 is 1.85 bits per heavy atom. The van der Waals surface area contributed by atoms with E-state index in [1.165, 1.54) is 44.3 Å². The number of carbonyl (C=O) groups excluding carboxylic acids is 2. The second-order valence-corrected chi connectivity index (χ2v) is 8.26. The largest absolute Gasteiger partial charge is 0.367 e. The zero-order chi connectivity index (χ0) is 18.9. The first kappa shape index (κ1) is 18.4. The van der Waals surface area contributed by atoms with Gasteiger partial charge in [-0.2, -0.15) is 0 Å². The predicted molar refractivity (Wildman–Crippen MR) is 102 cm³/mol. The van der Waals surface area contributed by atoms with E-state index >= 15 is 0 Å². The molecule has 2 amide bonds. The number of likely N-dealkylation sites (tertiary alicyclic amines) is 1. The molecule has 1 aliphatic carbocycles. The Hall–Kier alpha value is -1.92. The molecule has 6 heteroatoms. The summed E-state index contributed by atoms with van der Waals surface area (Å²) in [4.78, 5) is 26.7. The van der Waals surface area contributed by atoms with E-state index in [1.807, 2.05) is 12.1 Å². The lowest BCUT2D eigenvalue weighted by Crippen LogP contribution is -2.52. The summed E-state index contributed by atoms with van der Waals surface area (Å²) >= 11 is 0. The molecule has 0 bridgehead atoms. The van der Waals surface area contributed by atoms with Crippen molar-refractivity contribution in [1.29, 1.82) is 0 Å². The second-order valence-electron chi connectivity index (χ2n) is 8.26. The zero-order valence-corrected chi connectivity index (χ0v) is 15.8. The summed E-state index contributed by atoms with van der Waals surface area (Å²) in [5.41, 5.74) is 7.63. The van der Waals surface area contributed by atoms with Crippen LogP contribution in [0.3, 0.4) is 0 Å². The minimum atomic E-state index is -0.739. The molecule has 2 atom stereocenters. The van der Waals surface area contributed by atoms with Crippen molar-refractivity contribution < 1.29 is 14.3 Å². The summed E-state index contributed by atoms with van der Waals surface area (Å²) in [6, 6.07) is 7.64. The maximum atomic E-state index is 12.6. The van der Waals surface area contributed by atoms with Crippen molar-refractivity contribution in [3.05, 3.63) is 35.4 Å². The van der Waals surface area contributed by atoms with Gasteiger partial charge in [-0.15, -0.1) is 0 Å². The van der Waals surface area contributed by atoms with Gasteiger partial charge >= 0.3 is 0 Å². The van der Waals surface area contributed by atoms with Gasteiger partial charge in [-0.25, -0.2) is 0 Å². The molecule has 1 saturated carbocycles. The maximum absolute atomic E-state index is 12.6. The standard InChI is InChI=1S/C21H29N3O3/c22-19(25)18-17(4-3-13-27-18)23-20(26)15-5-7-16(8-6-15)21(9-10-21)14-24-11-1-2-12-24/h5-8,17-18H,1-4,9-14H2,(H2,22,25)(H,23,26). The molecule has 0 radical (unpaired) electrons. The lowest BCUT2D eigenvalue weighted by atomic mass is 9.94. The molecule has 0 spiro atoms. The van der Waals surface area contributed by atoms with E-state index in [0.717, 1.165) is 13.0 Å². The number of nitrogens with two attached hydrogens (primary N) is 1. The number of hydrogen-bond acceptors (Lipinski definition) is 4. The van der Waals surface area contributed by atoms with Crippen LogP contribution in [0.4, 0.5) is 0 Å². The molecule has 2 saturated heterocycles. The van der Waals surface area contributed by atoms with Crippen LogP contribution in [0.15, 0.2) is 24.3 Å². The molecule has 2 aliphatic heterocycles. The van der Waals surface area contributed by atoms with E-state index in [-0.39, 0.29) is 17.4 Å². The highest BCUT2D eigenvalue weighted by Crippen LogP contribution is 2.49. The Morgan fingerprint density at radius 3 is 2.48 bits per heavy atom. The van der Waals surface area contributed by atoms with Crippen molar-refractivity contribution in [2.45, 2.75) is 56.1 Å². The Kier molecular flexibility index (Phi) is 5.19. The average Bonchev–Trinajstić information content (AvgIpc) is 3.27. The summed E-state index contributed by atoms with van der Waals surface area (Å²) in [6.07, 6.45) is 5.86. The number of amides is 2. The molecule has 6 nitrogen and oxygen atoms in total. The van der Waals surface area contributed by atoms with Crippen molar-refractivity contribution in [2.24, 2.45) is 5.73 Å². The molecule has 1 aromatic carbocycles. The molecule has 2 unspecified atom stereocenters. The summed E-state index contributed by atoms with van der Waals surface area (Å²) in [5, 5.41) is 2.93. The molecule has 4 rings (SSSR count). The van der Waals surface area contributed by atoms with E-state index in [9.17, 15) is 9.59 Å². The lowest BCUT2D eigenvalue weighted by molar-refractivity contribution is -0.134. The topological polar surface area (TPSA) is 84.7 Å². The van der Waals surface area contributed by atoms with Crippen LogP contribution in [0.25, 0.3) is 0 Å².